The maximum atomic E-state index is 12.3. The molecule has 0 radical (unpaired) electrons. The predicted octanol–water partition coefficient (Wildman–Crippen LogP) is 3.70. The Morgan fingerprint density at radius 1 is 1.06 bits per heavy atom. The van der Waals surface area contributed by atoms with Gasteiger partial charge < -0.3 is 24.9 Å². The van der Waals surface area contributed by atoms with Crippen molar-refractivity contribution in [3.05, 3.63) is 46.9 Å². The molecule has 0 unspecified atom stereocenters. The van der Waals surface area contributed by atoms with Crippen LogP contribution in [0.5, 0.6) is 5.75 Å². The van der Waals surface area contributed by atoms with Crippen molar-refractivity contribution in [3.63, 3.8) is 0 Å². The van der Waals surface area contributed by atoms with Gasteiger partial charge in [0.05, 0.1) is 23.3 Å². The highest BCUT2D eigenvalue weighted by atomic mass is 16.5. The summed E-state index contributed by atoms with van der Waals surface area (Å²) in [6.07, 6.45) is 1.64. The lowest BCUT2D eigenvalue weighted by Gasteiger charge is -2.20. The third-order valence-corrected chi connectivity index (χ3v) is 5.85. The van der Waals surface area contributed by atoms with Crippen LogP contribution in [0, 0.1) is 0 Å². The van der Waals surface area contributed by atoms with Crippen LogP contribution in [-0.2, 0) is 18.9 Å². The number of imidazole rings is 1. The highest BCUT2D eigenvalue weighted by molar-refractivity contribution is 5.84. The van der Waals surface area contributed by atoms with Gasteiger partial charge in [-0.25, -0.2) is 9.59 Å². The van der Waals surface area contributed by atoms with E-state index in [0.29, 0.717) is 51.3 Å². The van der Waals surface area contributed by atoms with Gasteiger partial charge in [0.1, 0.15) is 12.0 Å². The molecule has 0 aliphatic heterocycles. The maximum Gasteiger partial charge on any atom is 0.407 e. The third kappa shape index (κ3) is 5.59. The Balaban J connectivity index is 1.79. The van der Waals surface area contributed by atoms with Crippen LogP contribution in [0.3, 0.4) is 0 Å². The summed E-state index contributed by atoms with van der Waals surface area (Å²) in [5, 5.41) is 12.8. The number of anilines is 1. The van der Waals surface area contributed by atoms with E-state index in [1.54, 1.807) is 23.2 Å². The molecule has 0 aliphatic rings. The Hall–Kier alpha value is -3.75. The van der Waals surface area contributed by atoms with Gasteiger partial charge in [0.25, 0.3) is 0 Å². The number of hydrogen-bond acceptors (Lipinski definition) is 5. The summed E-state index contributed by atoms with van der Waals surface area (Å²) in [6, 6.07) is 11.7. The standard InChI is InChI=1S/C25H32N4O5/c1-4-34-23-11-9-18(19-8-10-21-22(17-19)28(3)24(31)27(21)2)16-20(23)26-12-14-29(25(32)33)13-6-5-7-15-30/h8-11,15-17,26H,4-7,12-14H2,1-3H3,(H,32,33). The zero-order valence-corrected chi connectivity index (χ0v) is 19.9. The number of amides is 1. The van der Waals surface area contributed by atoms with Gasteiger partial charge in [-0.1, -0.05) is 12.1 Å². The van der Waals surface area contributed by atoms with Crippen molar-refractivity contribution in [1.82, 2.24) is 14.0 Å². The molecule has 0 atom stereocenters. The largest absolute Gasteiger partial charge is 0.492 e. The summed E-state index contributed by atoms with van der Waals surface area (Å²) in [6.45, 7) is 3.52. The second-order valence-electron chi connectivity index (χ2n) is 8.11. The van der Waals surface area contributed by atoms with Crippen molar-refractivity contribution >= 4 is 29.1 Å². The van der Waals surface area contributed by atoms with Gasteiger partial charge in [-0.2, -0.15) is 0 Å². The van der Waals surface area contributed by atoms with Gasteiger partial charge in [0.15, 0.2) is 0 Å². The Morgan fingerprint density at radius 2 is 1.76 bits per heavy atom. The second kappa shape index (κ2) is 11.4. The number of ether oxygens (including phenoxy) is 1. The van der Waals surface area contributed by atoms with E-state index in [2.05, 4.69) is 5.32 Å². The van der Waals surface area contributed by atoms with Crippen LogP contribution in [-0.4, -0.2) is 57.8 Å². The quantitative estimate of drug-likeness (QED) is 0.310. The molecule has 1 aromatic heterocycles. The minimum Gasteiger partial charge on any atom is -0.492 e. The third-order valence-electron chi connectivity index (χ3n) is 5.85. The lowest BCUT2D eigenvalue weighted by atomic mass is 10.0. The molecule has 0 spiro atoms. The summed E-state index contributed by atoms with van der Waals surface area (Å²) >= 11 is 0. The van der Waals surface area contributed by atoms with E-state index in [1.165, 1.54) is 4.90 Å². The molecule has 34 heavy (non-hydrogen) atoms. The summed E-state index contributed by atoms with van der Waals surface area (Å²) in [4.78, 5) is 35.6. The van der Waals surface area contributed by atoms with Gasteiger partial charge in [-0.05, 0) is 55.2 Å². The van der Waals surface area contributed by atoms with Crippen molar-refractivity contribution in [3.8, 4) is 16.9 Å². The van der Waals surface area contributed by atoms with Crippen molar-refractivity contribution in [1.29, 1.82) is 0 Å². The van der Waals surface area contributed by atoms with Crippen LogP contribution in [0.2, 0.25) is 0 Å². The molecule has 3 rings (SSSR count). The second-order valence-corrected chi connectivity index (χ2v) is 8.11. The number of aldehydes is 1. The number of carbonyl (C=O) groups is 2. The average Bonchev–Trinajstić information content (AvgIpc) is 3.05. The number of aromatic nitrogens is 2. The lowest BCUT2D eigenvalue weighted by Crippen LogP contribution is -2.34. The Labute approximate surface area is 198 Å². The fraction of sp³-hybridized carbons (Fsp3) is 0.400. The van der Waals surface area contributed by atoms with Crippen LogP contribution in [0.4, 0.5) is 10.5 Å². The average molecular weight is 469 g/mol. The first-order chi connectivity index (χ1) is 16.4. The number of nitrogens with zero attached hydrogens (tertiary/aromatic N) is 3. The molecule has 2 N–H and O–H groups in total. The molecule has 182 valence electrons. The van der Waals surface area contributed by atoms with Gasteiger partial charge in [-0.3, -0.25) is 9.13 Å². The molecule has 0 bridgehead atoms. The van der Waals surface area contributed by atoms with Crippen molar-refractivity contribution < 1.29 is 19.4 Å². The summed E-state index contributed by atoms with van der Waals surface area (Å²) in [5.41, 5.74) is 4.32. The Bertz CT molecular complexity index is 1210. The molecular weight excluding hydrogens is 436 g/mol. The van der Waals surface area contributed by atoms with Crippen LogP contribution >= 0.6 is 0 Å². The molecule has 0 saturated carbocycles. The van der Waals surface area contributed by atoms with E-state index in [1.807, 2.05) is 43.3 Å². The number of carboxylic acid groups (broad SMARTS) is 1. The van der Waals surface area contributed by atoms with Gasteiger partial charge in [0, 0.05) is 40.2 Å². The molecule has 2 aromatic carbocycles. The first-order valence-electron chi connectivity index (χ1n) is 11.5. The zero-order chi connectivity index (χ0) is 24.7. The predicted molar refractivity (Wildman–Crippen MR) is 133 cm³/mol. The molecule has 9 heteroatoms. The van der Waals surface area contributed by atoms with Crippen LogP contribution < -0.4 is 15.7 Å². The van der Waals surface area contributed by atoms with E-state index in [9.17, 15) is 19.5 Å². The van der Waals surface area contributed by atoms with Crippen molar-refractivity contribution in [2.45, 2.75) is 26.2 Å². The Kier molecular flexibility index (Phi) is 8.34. The van der Waals surface area contributed by atoms with Crippen LogP contribution in [0.15, 0.2) is 41.2 Å². The van der Waals surface area contributed by atoms with Crippen LogP contribution in [0.25, 0.3) is 22.2 Å². The minimum atomic E-state index is -0.978. The van der Waals surface area contributed by atoms with Gasteiger partial charge in [-0.15, -0.1) is 0 Å². The van der Waals surface area contributed by atoms with E-state index in [0.717, 1.165) is 34.1 Å². The normalized spacial score (nSPS) is 10.9. The van der Waals surface area contributed by atoms with Gasteiger partial charge >= 0.3 is 11.8 Å². The van der Waals surface area contributed by atoms with Crippen LogP contribution in [0.1, 0.15) is 26.2 Å². The molecule has 1 amide bonds. The van der Waals surface area contributed by atoms with E-state index < -0.39 is 6.09 Å². The number of benzene rings is 2. The minimum absolute atomic E-state index is 0.0738. The highest BCUT2D eigenvalue weighted by Gasteiger charge is 2.13. The SMILES string of the molecule is CCOc1ccc(-c2ccc3c(c2)n(C)c(=O)n3C)cc1NCCN(CCCCC=O)C(=O)O. The highest BCUT2D eigenvalue weighted by Crippen LogP contribution is 2.32. The van der Waals surface area contributed by atoms with E-state index in [4.69, 9.17) is 4.74 Å². The molecule has 9 nitrogen and oxygen atoms in total. The monoisotopic (exact) mass is 468 g/mol. The Morgan fingerprint density at radius 3 is 2.47 bits per heavy atom. The number of carbonyl (C=O) groups excluding carboxylic acids is 1. The molecule has 3 aromatic rings. The summed E-state index contributed by atoms with van der Waals surface area (Å²) < 4.78 is 9.01. The topological polar surface area (TPSA) is 106 Å². The smallest absolute Gasteiger partial charge is 0.407 e. The number of nitrogens with one attached hydrogen (secondary N) is 1. The number of unbranched alkanes of at least 4 members (excludes halogenated alkanes) is 2. The fourth-order valence-electron chi connectivity index (χ4n) is 3.97. The first kappa shape index (κ1) is 24.9. The fourth-order valence-corrected chi connectivity index (χ4v) is 3.97. The molecule has 0 fully saturated rings. The first-order valence-corrected chi connectivity index (χ1v) is 11.5. The molecular formula is C25H32N4O5. The molecule has 0 aliphatic carbocycles. The number of aryl methyl sites for hydroxylation is 2. The van der Waals surface area contributed by atoms with E-state index >= 15 is 0 Å². The molecule has 1 heterocycles. The summed E-state index contributed by atoms with van der Waals surface area (Å²) in [7, 11) is 3.51. The van der Waals surface area contributed by atoms with Crippen molar-refractivity contribution in [2.75, 3.05) is 31.6 Å². The van der Waals surface area contributed by atoms with Crippen molar-refractivity contribution in [2.24, 2.45) is 14.1 Å². The number of rotatable bonds is 12. The van der Waals surface area contributed by atoms with E-state index in [-0.39, 0.29) is 5.69 Å². The molecule has 0 saturated heterocycles. The number of hydrogen-bond donors (Lipinski definition) is 2. The lowest BCUT2D eigenvalue weighted by molar-refractivity contribution is -0.107. The zero-order valence-electron chi connectivity index (χ0n) is 19.9. The summed E-state index contributed by atoms with van der Waals surface area (Å²) in [5.74, 6) is 0.687. The maximum absolute atomic E-state index is 12.3. The number of fused-ring (bicyclic) bond motifs is 1. The van der Waals surface area contributed by atoms with Gasteiger partial charge in [0.2, 0.25) is 0 Å².